The van der Waals surface area contributed by atoms with Gasteiger partial charge in [0.1, 0.15) is 5.02 Å². The first kappa shape index (κ1) is 23.8. The summed E-state index contributed by atoms with van der Waals surface area (Å²) in [4.78, 5) is 21.8. The minimum atomic E-state index is -4.71. The van der Waals surface area contributed by atoms with E-state index >= 15 is 0 Å². The van der Waals surface area contributed by atoms with Crippen LogP contribution >= 0.6 is 22.9 Å². The predicted molar refractivity (Wildman–Crippen MR) is 125 cm³/mol. The number of fused-ring (bicyclic) bond motifs is 1. The second-order valence-corrected chi connectivity index (χ2v) is 9.71. The molecule has 1 saturated heterocycles. The molecule has 5 rings (SSSR count). The van der Waals surface area contributed by atoms with Gasteiger partial charge in [0.05, 0.1) is 16.3 Å². The first-order chi connectivity index (χ1) is 16.6. The maximum absolute atomic E-state index is 13.9. The standard InChI is InChI=1S/C22H21ClF3N7OS/c1-13-14(11-30(2)28-13)12-31-5-7-32(8-6-31)21(34)19-18(23)20-27-15(16-4-3-9-35-16)10-17(22(24,25)26)33(20)29-19/h3-4,9-11H,5-8,12H2,1-2H3. The van der Waals surface area contributed by atoms with Crippen molar-refractivity contribution in [1.29, 1.82) is 0 Å². The quantitative estimate of drug-likeness (QED) is 0.402. The Hall–Kier alpha value is -2.96. The van der Waals surface area contributed by atoms with E-state index in [1.54, 1.807) is 27.1 Å². The maximum Gasteiger partial charge on any atom is 0.433 e. The summed E-state index contributed by atoms with van der Waals surface area (Å²) in [6, 6.07) is 4.32. The van der Waals surface area contributed by atoms with Crippen molar-refractivity contribution in [1.82, 2.24) is 34.2 Å². The van der Waals surface area contributed by atoms with E-state index in [-0.39, 0.29) is 22.1 Å². The average molecular weight is 524 g/mol. The van der Waals surface area contributed by atoms with Gasteiger partial charge in [0.2, 0.25) is 0 Å². The minimum Gasteiger partial charge on any atom is -0.335 e. The van der Waals surface area contributed by atoms with Gasteiger partial charge in [0.15, 0.2) is 17.0 Å². The maximum atomic E-state index is 13.9. The van der Waals surface area contributed by atoms with Crippen molar-refractivity contribution in [2.45, 2.75) is 19.6 Å². The third kappa shape index (κ3) is 4.53. The normalized spacial score (nSPS) is 15.3. The summed E-state index contributed by atoms with van der Waals surface area (Å²) < 4.78 is 43.9. The summed E-state index contributed by atoms with van der Waals surface area (Å²) in [5.41, 5.74) is 0.729. The number of carbonyl (C=O) groups is 1. The van der Waals surface area contributed by atoms with Crippen LogP contribution in [-0.4, -0.2) is 66.3 Å². The highest BCUT2D eigenvalue weighted by Crippen LogP contribution is 2.35. The Bertz CT molecular complexity index is 1390. The average Bonchev–Trinajstić information content (AvgIpc) is 3.53. The van der Waals surface area contributed by atoms with E-state index in [9.17, 15) is 18.0 Å². The third-order valence-corrected chi connectivity index (χ3v) is 7.21. The van der Waals surface area contributed by atoms with Crippen LogP contribution in [0, 0.1) is 6.92 Å². The molecule has 0 spiro atoms. The lowest BCUT2D eigenvalue weighted by Crippen LogP contribution is -2.48. The van der Waals surface area contributed by atoms with Gasteiger partial charge in [0, 0.05) is 51.5 Å². The van der Waals surface area contributed by atoms with Crippen LogP contribution in [-0.2, 0) is 19.8 Å². The molecule has 35 heavy (non-hydrogen) atoms. The fraction of sp³-hybridized carbons (Fsp3) is 0.364. The predicted octanol–water partition coefficient (Wildman–Crippen LogP) is 4.13. The Kier molecular flexibility index (Phi) is 6.06. The second-order valence-electron chi connectivity index (χ2n) is 8.38. The number of halogens is 4. The Morgan fingerprint density at radius 1 is 1.20 bits per heavy atom. The van der Waals surface area contributed by atoms with E-state index in [1.807, 2.05) is 20.2 Å². The number of hydrogen-bond donors (Lipinski definition) is 0. The van der Waals surface area contributed by atoms with Crippen LogP contribution in [0.3, 0.4) is 0 Å². The molecule has 1 fully saturated rings. The van der Waals surface area contributed by atoms with Crippen molar-refractivity contribution in [2.75, 3.05) is 26.2 Å². The number of aryl methyl sites for hydroxylation is 2. The first-order valence-electron chi connectivity index (χ1n) is 10.8. The van der Waals surface area contributed by atoms with Crippen LogP contribution in [0.4, 0.5) is 13.2 Å². The van der Waals surface area contributed by atoms with Crippen LogP contribution < -0.4 is 0 Å². The molecule has 4 aromatic rings. The SMILES string of the molecule is Cc1nn(C)cc1CN1CCN(C(=O)c2nn3c(C(F)(F)F)cc(-c4cccs4)nc3c2Cl)CC1. The number of carbonyl (C=O) groups excluding carboxylic acids is 1. The molecule has 8 nitrogen and oxygen atoms in total. The summed E-state index contributed by atoms with van der Waals surface area (Å²) in [6.07, 6.45) is -2.74. The zero-order valence-electron chi connectivity index (χ0n) is 18.9. The first-order valence-corrected chi connectivity index (χ1v) is 12.1. The molecule has 0 bridgehead atoms. The van der Waals surface area contributed by atoms with Crippen LogP contribution in [0.2, 0.25) is 5.02 Å². The van der Waals surface area contributed by atoms with E-state index in [0.29, 0.717) is 42.1 Å². The Morgan fingerprint density at radius 2 is 1.94 bits per heavy atom. The minimum absolute atomic E-state index is 0.125. The highest BCUT2D eigenvalue weighted by molar-refractivity contribution is 7.13. The summed E-state index contributed by atoms with van der Waals surface area (Å²) in [5, 5.41) is 9.88. The number of piperazine rings is 1. The molecule has 1 aliphatic heterocycles. The number of nitrogens with zero attached hydrogens (tertiary/aromatic N) is 7. The van der Waals surface area contributed by atoms with Crippen LogP contribution in [0.5, 0.6) is 0 Å². The number of rotatable bonds is 4. The Balaban J connectivity index is 1.40. The molecule has 0 unspecified atom stereocenters. The van der Waals surface area contributed by atoms with E-state index in [0.717, 1.165) is 17.3 Å². The fourth-order valence-electron chi connectivity index (χ4n) is 4.18. The van der Waals surface area contributed by atoms with Gasteiger partial charge in [-0.05, 0) is 24.4 Å². The summed E-state index contributed by atoms with van der Waals surface area (Å²) in [7, 11) is 1.87. The molecule has 13 heteroatoms. The summed E-state index contributed by atoms with van der Waals surface area (Å²) >= 11 is 7.67. The van der Waals surface area contributed by atoms with Crippen molar-refractivity contribution < 1.29 is 18.0 Å². The zero-order valence-corrected chi connectivity index (χ0v) is 20.5. The number of thiophene rings is 1. The molecule has 0 radical (unpaired) electrons. The summed E-state index contributed by atoms with van der Waals surface area (Å²) in [5.74, 6) is -0.511. The van der Waals surface area contributed by atoms with Gasteiger partial charge in [-0.25, -0.2) is 9.50 Å². The fourth-order valence-corrected chi connectivity index (χ4v) is 5.11. The molecule has 5 heterocycles. The third-order valence-electron chi connectivity index (χ3n) is 5.97. The molecular formula is C22H21ClF3N7OS. The molecule has 1 aliphatic rings. The second kappa shape index (κ2) is 8.92. The van der Waals surface area contributed by atoms with Crippen molar-refractivity contribution in [3.05, 3.63) is 57.4 Å². The smallest absolute Gasteiger partial charge is 0.335 e. The Labute approximate surface area is 207 Å². The monoisotopic (exact) mass is 523 g/mol. The lowest BCUT2D eigenvalue weighted by Gasteiger charge is -2.34. The van der Waals surface area contributed by atoms with Crippen molar-refractivity contribution in [3.8, 4) is 10.6 Å². The van der Waals surface area contributed by atoms with Crippen LogP contribution in [0.25, 0.3) is 16.2 Å². The van der Waals surface area contributed by atoms with Gasteiger partial charge < -0.3 is 4.90 Å². The molecule has 0 atom stereocenters. The molecule has 1 amide bonds. The largest absolute Gasteiger partial charge is 0.433 e. The molecular weight excluding hydrogens is 503 g/mol. The lowest BCUT2D eigenvalue weighted by molar-refractivity contribution is -0.142. The van der Waals surface area contributed by atoms with E-state index in [1.165, 1.54) is 11.3 Å². The number of amides is 1. The van der Waals surface area contributed by atoms with E-state index < -0.39 is 17.8 Å². The van der Waals surface area contributed by atoms with Gasteiger partial charge >= 0.3 is 6.18 Å². The topological polar surface area (TPSA) is 71.6 Å². The highest BCUT2D eigenvalue weighted by Gasteiger charge is 2.37. The van der Waals surface area contributed by atoms with Crippen LogP contribution in [0.15, 0.2) is 29.8 Å². The Morgan fingerprint density at radius 3 is 2.54 bits per heavy atom. The highest BCUT2D eigenvalue weighted by atomic mass is 35.5. The number of alkyl halides is 3. The number of hydrogen-bond acceptors (Lipinski definition) is 6. The van der Waals surface area contributed by atoms with Crippen molar-refractivity contribution >= 4 is 34.5 Å². The van der Waals surface area contributed by atoms with E-state index in [4.69, 9.17) is 11.6 Å². The molecule has 0 aliphatic carbocycles. The number of aromatic nitrogens is 5. The van der Waals surface area contributed by atoms with Gasteiger partial charge in [-0.3, -0.25) is 14.4 Å². The van der Waals surface area contributed by atoms with E-state index in [2.05, 4.69) is 20.1 Å². The van der Waals surface area contributed by atoms with Gasteiger partial charge in [-0.15, -0.1) is 11.3 Å². The van der Waals surface area contributed by atoms with Crippen molar-refractivity contribution in [2.24, 2.45) is 7.05 Å². The molecule has 0 N–H and O–H groups in total. The molecule has 0 saturated carbocycles. The van der Waals surface area contributed by atoms with Gasteiger partial charge in [-0.2, -0.15) is 23.4 Å². The zero-order chi connectivity index (χ0) is 24.9. The molecule has 184 valence electrons. The van der Waals surface area contributed by atoms with Gasteiger partial charge in [0.25, 0.3) is 5.91 Å². The molecule has 0 aromatic carbocycles. The lowest BCUT2D eigenvalue weighted by atomic mass is 10.2. The van der Waals surface area contributed by atoms with Crippen LogP contribution in [0.1, 0.15) is 27.4 Å². The summed E-state index contributed by atoms with van der Waals surface area (Å²) in [6.45, 7) is 4.69. The van der Waals surface area contributed by atoms with Gasteiger partial charge in [-0.1, -0.05) is 17.7 Å². The molecule has 4 aromatic heterocycles. The van der Waals surface area contributed by atoms with Crippen molar-refractivity contribution in [3.63, 3.8) is 0 Å².